The molecule has 2 unspecified atom stereocenters. The monoisotopic (exact) mass is 291 g/mol. The Morgan fingerprint density at radius 2 is 2.05 bits per heavy atom. The highest BCUT2D eigenvalue weighted by atomic mass is 16.5. The number of anilines is 1. The number of carboxylic acids is 1. The number of rotatable bonds is 5. The number of ether oxygens (including phenoxy) is 1. The largest absolute Gasteiger partial charge is 0.492 e. The maximum Gasteiger partial charge on any atom is 0.306 e. The molecule has 114 valence electrons. The van der Waals surface area contributed by atoms with Crippen molar-refractivity contribution in [3.63, 3.8) is 0 Å². The van der Waals surface area contributed by atoms with Gasteiger partial charge in [0.1, 0.15) is 5.75 Å². The molecule has 1 saturated carbocycles. The van der Waals surface area contributed by atoms with Gasteiger partial charge in [-0.3, -0.25) is 9.59 Å². The summed E-state index contributed by atoms with van der Waals surface area (Å²) in [4.78, 5) is 23.2. The van der Waals surface area contributed by atoms with E-state index in [1.807, 2.05) is 32.0 Å². The first-order chi connectivity index (χ1) is 10.0. The molecule has 1 aromatic carbocycles. The second-order valence-electron chi connectivity index (χ2n) is 5.47. The molecule has 0 aliphatic heterocycles. The van der Waals surface area contributed by atoms with E-state index in [0.717, 1.165) is 5.56 Å². The Kier molecular flexibility index (Phi) is 4.83. The van der Waals surface area contributed by atoms with Gasteiger partial charge in [0.15, 0.2) is 0 Å². The molecule has 0 bridgehead atoms. The highest BCUT2D eigenvalue weighted by Gasteiger charge is 2.34. The first-order valence-electron chi connectivity index (χ1n) is 7.28. The maximum atomic E-state index is 12.3. The van der Waals surface area contributed by atoms with Crippen LogP contribution in [0.5, 0.6) is 5.75 Å². The van der Waals surface area contributed by atoms with Gasteiger partial charge in [-0.2, -0.15) is 0 Å². The van der Waals surface area contributed by atoms with Crippen molar-refractivity contribution in [3.8, 4) is 5.75 Å². The lowest BCUT2D eigenvalue weighted by Gasteiger charge is -2.15. The number of carboxylic acid groups (broad SMARTS) is 1. The smallest absolute Gasteiger partial charge is 0.306 e. The Labute approximate surface area is 124 Å². The van der Waals surface area contributed by atoms with E-state index < -0.39 is 11.9 Å². The SMILES string of the molecule is CCOc1cc(C)ccc1NC(=O)C1CCC(C(=O)O)C1. The van der Waals surface area contributed by atoms with Gasteiger partial charge in [0.25, 0.3) is 0 Å². The average Bonchev–Trinajstić information content (AvgIpc) is 2.92. The topological polar surface area (TPSA) is 75.6 Å². The number of amides is 1. The Morgan fingerprint density at radius 3 is 2.67 bits per heavy atom. The third-order valence-electron chi connectivity index (χ3n) is 3.85. The first-order valence-corrected chi connectivity index (χ1v) is 7.28. The predicted molar refractivity (Wildman–Crippen MR) is 79.4 cm³/mol. The molecule has 5 heteroatoms. The molecule has 5 nitrogen and oxygen atoms in total. The summed E-state index contributed by atoms with van der Waals surface area (Å²) in [6.45, 7) is 4.38. The molecule has 1 aliphatic rings. The van der Waals surface area contributed by atoms with Gasteiger partial charge in [0.2, 0.25) is 5.91 Å². The molecule has 1 aromatic rings. The van der Waals surface area contributed by atoms with Crippen molar-refractivity contribution < 1.29 is 19.4 Å². The van der Waals surface area contributed by atoms with Crippen molar-refractivity contribution in [2.24, 2.45) is 11.8 Å². The Balaban J connectivity index is 2.05. The quantitative estimate of drug-likeness (QED) is 0.874. The van der Waals surface area contributed by atoms with Gasteiger partial charge in [0, 0.05) is 5.92 Å². The first kappa shape index (κ1) is 15.4. The van der Waals surface area contributed by atoms with Gasteiger partial charge in [0.05, 0.1) is 18.2 Å². The molecule has 0 heterocycles. The van der Waals surface area contributed by atoms with Crippen molar-refractivity contribution in [2.75, 3.05) is 11.9 Å². The van der Waals surface area contributed by atoms with Crippen LogP contribution < -0.4 is 10.1 Å². The third kappa shape index (κ3) is 3.74. The zero-order valence-corrected chi connectivity index (χ0v) is 12.4. The van der Waals surface area contributed by atoms with E-state index in [1.165, 1.54) is 0 Å². The molecular formula is C16H21NO4. The van der Waals surface area contributed by atoms with E-state index >= 15 is 0 Å². The third-order valence-corrected chi connectivity index (χ3v) is 3.85. The zero-order chi connectivity index (χ0) is 15.4. The Hall–Kier alpha value is -2.04. The van der Waals surface area contributed by atoms with E-state index in [-0.39, 0.29) is 11.8 Å². The lowest BCUT2D eigenvalue weighted by atomic mass is 10.0. The van der Waals surface area contributed by atoms with Crippen molar-refractivity contribution in [1.29, 1.82) is 0 Å². The number of aryl methyl sites for hydroxylation is 1. The second kappa shape index (κ2) is 6.61. The number of hydrogen-bond acceptors (Lipinski definition) is 3. The Bertz CT molecular complexity index is 541. The minimum atomic E-state index is -0.810. The number of carbonyl (C=O) groups excluding carboxylic acids is 1. The second-order valence-corrected chi connectivity index (χ2v) is 5.47. The molecule has 1 fully saturated rings. The molecule has 1 amide bonds. The minimum Gasteiger partial charge on any atom is -0.492 e. The number of aliphatic carboxylic acids is 1. The van der Waals surface area contributed by atoms with Crippen LogP contribution in [0.4, 0.5) is 5.69 Å². The Morgan fingerprint density at radius 1 is 1.33 bits per heavy atom. The summed E-state index contributed by atoms with van der Waals surface area (Å²) in [5, 5.41) is 11.9. The summed E-state index contributed by atoms with van der Waals surface area (Å²) in [7, 11) is 0. The number of hydrogen-bond donors (Lipinski definition) is 2. The molecule has 2 rings (SSSR count). The summed E-state index contributed by atoms with van der Waals surface area (Å²) < 4.78 is 5.53. The van der Waals surface area contributed by atoms with Crippen molar-refractivity contribution >= 4 is 17.6 Å². The van der Waals surface area contributed by atoms with E-state index in [9.17, 15) is 9.59 Å². The summed E-state index contributed by atoms with van der Waals surface area (Å²) in [5.41, 5.74) is 1.70. The van der Waals surface area contributed by atoms with E-state index in [4.69, 9.17) is 9.84 Å². The van der Waals surface area contributed by atoms with E-state index in [1.54, 1.807) is 0 Å². The van der Waals surface area contributed by atoms with Crippen LogP contribution in [0.1, 0.15) is 31.7 Å². The van der Waals surface area contributed by atoms with Crippen molar-refractivity contribution in [1.82, 2.24) is 0 Å². The number of benzene rings is 1. The fraction of sp³-hybridized carbons (Fsp3) is 0.500. The van der Waals surface area contributed by atoms with Crippen molar-refractivity contribution in [2.45, 2.75) is 33.1 Å². The molecule has 0 radical (unpaired) electrons. The van der Waals surface area contributed by atoms with Crippen LogP contribution in [-0.4, -0.2) is 23.6 Å². The summed E-state index contributed by atoms with van der Waals surface area (Å²) >= 11 is 0. The van der Waals surface area contributed by atoms with Crippen LogP contribution in [0, 0.1) is 18.8 Å². The maximum absolute atomic E-state index is 12.3. The van der Waals surface area contributed by atoms with Crippen LogP contribution in [0.2, 0.25) is 0 Å². The van der Waals surface area contributed by atoms with Gasteiger partial charge < -0.3 is 15.2 Å². The van der Waals surface area contributed by atoms with Crippen LogP contribution in [-0.2, 0) is 9.59 Å². The van der Waals surface area contributed by atoms with Crippen LogP contribution in [0.3, 0.4) is 0 Å². The molecular weight excluding hydrogens is 270 g/mol. The van der Waals surface area contributed by atoms with Crippen molar-refractivity contribution in [3.05, 3.63) is 23.8 Å². The molecule has 2 N–H and O–H groups in total. The molecule has 0 aromatic heterocycles. The fourth-order valence-corrected chi connectivity index (χ4v) is 2.69. The summed E-state index contributed by atoms with van der Waals surface area (Å²) in [6, 6.07) is 5.61. The molecule has 0 spiro atoms. The van der Waals surface area contributed by atoms with E-state index in [2.05, 4.69) is 5.32 Å². The van der Waals surface area contributed by atoms with E-state index in [0.29, 0.717) is 37.3 Å². The molecule has 0 saturated heterocycles. The van der Waals surface area contributed by atoms with Crippen LogP contribution >= 0.6 is 0 Å². The van der Waals surface area contributed by atoms with Crippen LogP contribution in [0.15, 0.2) is 18.2 Å². The zero-order valence-electron chi connectivity index (χ0n) is 12.4. The molecule has 21 heavy (non-hydrogen) atoms. The fourth-order valence-electron chi connectivity index (χ4n) is 2.69. The number of nitrogens with one attached hydrogen (secondary N) is 1. The van der Waals surface area contributed by atoms with Gasteiger partial charge in [-0.05, 0) is 50.8 Å². The normalized spacial score (nSPS) is 21.0. The van der Waals surface area contributed by atoms with Gasteiger partial charge in [-0.25, -0.2) is 0 Å². The summed E-state index contributed by atoms with van der Waals surface area (Å²) in [6.07, 6.45) is 1.61. The molecule has 2 atom stereocenters. The number of carbonyl (C=O) groups is 2. The van der Waals surface area contributed by atoms with Crippen LogP contribution in [0.25, 0.3) is 0 Å². The standard InChI is InChI=1S/C16H21NO4/c1-3-21-14-8-10(2)4-7-13(14)17-15(18)11-5-6-12(9-11)16(19)20/h4,7-8,11-12H,3,5-6,9H2,1-2H3,(H,17,18)(H,19,20). The average molecular weight is 291 g/mol. The molecule has 1 aliphatic carbocycles. The lowest BCUT2D eigenvalue weighted by Crippen LogP contribution is -2.22. The minimum absolute atomic E-state index is 0.122. The highest BCUT2D eigenvalue weighted by Crippen LogP contribution is 2.33. The lowest BCUT2D eigenvalue weighted by molar-refractivity contribution is -0.141. The van der Waals surface area contributed by atoms with Gasteiger partial charge in [-0.1, -0.05) is 6.07 Å². The highest BCUT2D eigenvalue weighted by molar-refractivity contribution is 5.94. The van der Waals surface area contributed by atoms with Gasteiger partial charge in [-0.15, -0.1) is 0 Å². The summed E-state index contributed by atoms with van der Waals surface area (Å²) in [5.74, 6) is -0.912. The van der Waals surface area contributed by atoms with Gasteiger partial charge >= 0.3 is 5.97 Å². The predicted octanol–water partition coefficient (Wildman–Crippen LogP) is 2.83.